The van der Waals surface area contributed by atoms with Gasteiger partial charge in [-0.05, 0) is 23.8 Å². The molecule has 1 heterocycles. The van der Waals surface area contributed by atoms with Crippen LogP contribution < -0.4 is 0 Å². The van der Waals surface area contributed by atoms with Crippen LogP contribution in [-0.2, 0) is 19.6 Å². The van der Waals surface area contributed by atoms with E-state index < -0.39 is 16.0 Å². The minimum atomic E-state index is -3.66. The van der Waals surface area contributed by atoms with Gasteiger partial charge < -0.3 is 9.84 Å². The first-order valence-electron chi connectivity index (χ1n) is 6.20. The quantitative estimate of drug-likeness (QED) is 0.844. The van der Waals surface area contributed by atoms with E-state index in [0.717, 1.165) is 6.08 Å². The van der Waals surface area contributed by atoms with Crippen LogP contribution >= 0.6 is 11.6 Å². The minimum absolute atomic E-state index is 0.0125. The third kappa shape index (κ3) is 3.82. The second kappa shape index (κ2) is 6.57. The Labute approximate surface area is 127 Å². The van der Waals surface area contributed by atoms with Crippen molar-refractivity contribution in [3.05, 3.63) is 34.9 Å². The zero-order valence-electron chi connectivity index (χ0n) is 11.0. The largest absolute Gasteiger partial charge is 0.478 e. The molecule has 0 saturated carbocycles. The molecule has 8 heteroatoms. The number of halogens is 1. The van der Waals surface area contributed by atoms with Gasteiger partial charge in [-0.25, -0.2) is 13.2 Å². The Bertz CT molecular complexity index is 665. The van der Waals surface area contributed by atoms with Crippen molar-refractivity contribution >= 4 is 33.7 Å². The molecular weight excluding hydrogens is 318 g/mol. The van der Waals surface area contributed by atoms with Crippen LogP contribution in [0.4, 0.5) is 0 Å². The van der Waals surface area contributed by atoms with Crippen LogP contribution in [0.1, 0.15) is 5.56 Å². The number of aliphatic carboxylic acids is 1. The molecule has 0 spiro atoms. The molecule has 0 atom stereocenters. The number of rotatable bonds is 4. The summed E-state index contributed by atoms with van der Waals surface area (Å²) in [6, 6.07) is 4.32. The second-order valence-corrected chi connectivity index (χ2v) is 6.69. The summed E-state index contributed by atoms with van der Waals surface area (Å²) in [6.07, 6.45) is 2.31. The zero-order chi connectivity index (χ0) is 15.5. The zero-order valence-corrected chi connectivity index (χ0v) is 12.6. The van der Waals surface area contributed by atoms with E-state index in [4.69, 9.17) is 21.4 Å². The lowest BCUT2D eigenvalue weighted by atomic mass is 10.2. The van der Waals surface area contributed by atoms with Gasteiger partial charge in [-0.2, -0.15) is 4.31 Å². The molecule has 1 N–H and O–H groups in total. The van der Waals surface area contributed by atoms with Gasteiger partial charge in [0.15, 0.2) is 0 Å². The van der Waals surface area contributed by atoms with Gasteiger partial charge in [-0.15, -0.1) is 0 Å². The number of morpholine rings is 1. The van der Waals surface area contributed by atoms with E-state index in [9.17, 15) is 13.2 Å². The molecule has 1 fully saturated rings. The van der Waals surface area contributed by atoms with Crippen LogP contribution in [0, 0.1) is 0 Å². The van der Waals surface area contributed by atoms with Gasteiger partial charge in [0.2, 0.25) is 10.0 Å². The lowest BCUT2D eigenvalue weighted by Crippen LogP contribution is -2.40. The Morgan fingerprint density at radius 3 is 2.57 bits per heavy atom. The van der Waals surface area contributed by atoms with Crippen molar-refractivity contribution in [2.24, 2.45) is 0 Å². The topological polar surface area (TPSA) is 83.9 Å². The Hall–Kier alpha value is -1.41. The average molecular weight is 332 g/mol. The monoisotopic (exact) mass is 331 g/mol. The van der Waals surface area contributed by atoms with Crippen molar-refractivity contribution in [2.75, 3.05) is 26.3 Å². The third-order valence-electron chi connectivity index (χ3n) is 2.96. The van der Waals surface area contributed by atoms with Gasteiger partial charge in [0.25, 0.3) is 0 Å². The summed E-state index contributed by atoms with van der Waals surface area (Å²) in [7, 11) is -3.66. The van der Waals surface area contributed by atoms with Crippen LogP contribution in [-0.4, -0.2) is 50.1 Å². The molecule has 1 aromatic rings. The van der Waals surface area contributed by atoms with Gasteiger partial charge in [0.05, 0.1) is 18.2 Å². The molecule has 2 rings (SSSR count). The van der Waals surface area contributed by atoms with Gasteiger partial charge in [-0.3, -0.25) is 0 Å². The average Bonchev–Trinajstić information content (AvgIpc) is 2.46. The van der Waals surface area contributed by atoms with Crippen LogP contribution in [0.3, 0.4) is 0 Å². The number of ether oxygens (including phenoxy) is 1. The molecule has 114 valence electrons. The van der Waals surface area contributed by atoms with Gasteiger partial charge in [-0.1, -0.05) is 17.7 Å². The first-order chi connectivity index (χ1) is 9.91. The van der Waals surface area contributed by atoms with Crippen molar-refractivity contribution in [3.8, 4) is 0 Å². The third-order valence-corrected chi connectivity index (χ3v) is 5.34. The summed E-state index contributed by atoms with van der Waals surface area (Å²) in [5.74, 6) is -1.09. The number of hydrogen-bond acceptors (Lipinski definition) is 4. The second-order valence-electron chi connectivity index (χ2n) is 4.38. The van der Waals surface area contributed by atoms with Crippen LogP contribution in [0.2, 0.25) is 5.02 Å². The molecule has 0 aromatic heterocycles. The SMILES string of the molecule is O=C(O)C=Cc1ccc(S(=O)(=O)N2CCOCC2)c(Cl)c1. The molecule has 0 amide bonds. The molecule has 1 aliphatic rings. The standard InChI is InChI=1S/C13H14ClNO5S/c14-11-9-10(2-4-13(16)17)1-3-12(11)21(18,19)15-5-7-20-8-6-15/h1-4,9H,5-8H2,(H,16,17). The number of carboxylic acid groups (broad SMARTS) is 1. The van der Waals surface area contributed by atoms with E-state index in [-0.39, 0.29) is 9.92 Å². The first kappa shape index (κ1) is 16.0. The van der Waals surface area contributed by atoms with Crippen molar-refractivity contribution in [1.29, 1.82) is 0 Å². The predicted molar refractivity (Wildman–Crippen MR) is 77.7 cm³/mol. The number of benzene rings is 1. The van der Waals surface area contributed by atoms with Crippen molar-refractivity contribution in [2.45, 2.75) is 4.90 Å². The lowest BCUT2D eigenvalue weighted by Gasteiger charge is -2.26. The molecule has 0 unspecified atom stereocenters. The number of carbonyl (C=O) groups is 1. The molecule has 0 bridgehead atoms. The highest BCUT2D eigenvalue weighted by Crippen LogP contribution is 2.26. The highest BCUT2D eigenvalue weighted by molar-refractivity contribution is 7.89. The Kier molecular flexibility index (Phi) is 5.00. The molecule has 1 saturated heterocycles. The highest BCUT2D eigenvalue weighted by atomic mass is 35.5. The van der Waals surface area contributed by atoms with Crippen molar-refractivity contribution in [1.82, 2.24) is 4.31 Å². The van der Waals surface area contributed by atoms with E-state index in [0.29, 0.717) is 31.9 Å². The number of nitrogens with zero attached hydrogens (tertiary/aromatic N) is 1. The number of hydrogen-bond donors (Lipinski definition) is 1. The summed E-state index contributed by atoms with van der Waals surface area (Å²) in [5, 5.41) is 8.63. The molecule has 0 aliphatic carbocycles. The fourth-order valence-electron chi connectivity index (χ4n) is 1.92. The smallest absolute Gasteiger partial charge is 0.328 e. The van der Waals surface area contributed by atoms with Crippen LogP contribution in [0.25, 0.3) is 6.08 Å². The summed E-state index contributed by atoms with van der Waals surface area (Å²) in [6.45, 7) is 1.30. The fraction of sp³-hybridized carbons (Fsp3) is 0.308. The highest BCUT2D eigenvalue weighted by Gasteiger charge is 2.28. The normalized spacial score (nSPS) is 17.2. The molecular formula is C13H14ClNO5S. The maximum absolute atomic E-state index is 12.5. The molecule has 1 aliphatic heterocycles. The molecule has 0 radical (unpaired) electrons. The molecule has 21 heavy (non-hydrogen) atoms. The Morgan fingerprint density at radius 1 is 1.33 bits per heavy atom. The summed E-state index contributed by atoms with van der Waals surface area (Å²) in [5.41, 5.74) is 0.517. The lowest BCUT2D eigenvalue weighted by molar-refractivity contribution is -0.131. The van der Waals surface area contributed by atoms with Gasteiger partial charge in [0.1, 0.15) is 4.90 Å². The Morgan fingerprint density at radius 2 is 2.00 bits per heavy atom. The molecule has 6 nitrogen and oxygen atoms in total. The van der Waals surface area contributed by atoms with E-state index >= 15 is 0 Å². The van der Waals surface area contributed by atoms with Crippen LogP contribution in [0.5, 0.6) is 0 Å². The van der Waals surface area contributed by atoms with Gasteiger partial charge in [0, 0.05) is 19.2 Å². The van der Waals surface area contributed by atoms with E-state index in [1.54, 1.807) is 0 Å². The van der Waals surface area contributed by atoms with Gasteiger partial charge >= 0.3 is 5.97 Å². The minimum Gasteiger partial charge on any atom is -0.478 e. The Balaban J connectivity index is 2.29. The van der Waals surface area contributed by atoms with E-state index in [1.807, 2.05) is 0 Å². The van der Waals surface area contributed by atoms with Crippen molar-refractivity contribution in [3.63, 3.8) is 0 Å². The van der Waals surface area contributed by atoms with Crippen molar-refractivity contribution < 1.29 is 23.1 Å². The summed E-state index contributed by atoms with van der Waals surface area (Å²) >= 11 is 6.03. The maximum atomic E-state index is 12.5. The fourth-order valence-corrected chi connectivity index (χ4v) is 3.86. The number of sulfonamides is 1. The predicted octanol–water partition coefficient (Wildman–Crippen LogP) is 1.46. The van der Waals surface area contributed by atoms with E-state index in [1.165, 1.54) is 28.6 Å². The van der Waals surface area contributed by atoms with E-state index in [2.05, 4.69) is 0 Å². The van der Waals surface area contributed by atoms with Crippen LogP contribution in [0.15, 0.2) is 29.2 Å². The first-order valence-corrected chi connectivity index (χ1v) is 8.01. The molecule has 1 aromatic carbocycles. The summed E-state index contributed by atoms with van der Waals surface area (Å²) < 4.78 is 31.4. The maximum Gasteiger partial charge on any atom is 0.328 e. The number of carboxylic acids is 1. The summed E-state index contributed by atoms with van der Waals surface area (Å²) in [4.78, 5) is 10.5.